The van der Waals surface area contributed by atoms with Gasteiger partial charge in [-0.25, -0.2) is 0 Å². The van der Waals surface area contributed by atoms with Crippen molar-refractivity contribution in [2.75, 3.05) is 13.2 Å². The first-order chi connectivity index (χ1) is 9.63. The predicted octanol–water partition coefficient (Wildman–Crippen LogP) is -1.58. The molecule has 1 aromatic rings. The summed E-state index contributed by atoms with van der Waals surface area (Å²) >= 11 is 0. The van der Waals surface area contributed by atoms with Crippen molar-refractivity contribution in [3.8, 4) is 0 Å². The smallest absolute Gasteiger partial charge is 0.111 e. The Kier molecular flexibility index (Phi) is 3.76. The van der Waals surface area contributed by atoms with Gasteiger partial charge in [-0.1, -0.05) is 30.3 Å². The Bertz CT molecular complexity index is 458. The number of aliphatic hydroxyl groups is 4. The van der Waals surface area contributed by atoms with E-state index in [9.17, 15) is 20.4 Å². The molecule has 2 aliphatic rings. The second kappa shape index (κ2) is 5.40. The van der Waals surface area contributed by atoms with Gasteiger partial charge in [0.2, 0.25) is 0 Å². The molecule has 2 saturated heterocycles. The quantitative estimate of drug-likeness (QED) is 0.448. The van der Waals surface area contributed by atoms with Crippen molar-refractivity contribution in [3.63, 3.8) is 0 Å². The third-order valence-electron chi connectivity index (χ3n) is 4.36. The molecule has 2 fully saturated rings. The molecule has 1 aromatic carbocycles. The van der Waals surface area contributed by atoms with Gasteiger partial charge >= 0.3 is 0 Å². The van der Waals surface area contributed by atoms with E-state index in [-0.39, 0.29) is 12.6 Å². The van der Waals surface area contributed by atoms with Crippen LogP contribution >= 0.6 is 0 Å². The lowest BCUT2D eigenvalue weighted by Crippen LogP contribution is -2.67. The minimum atomic E-state index is -1.25. The molecule has 0 spiro atoms. The van der Waals surface area contributed by atoms with Crippen LogP contribution in [0.25, 0.3) is 0 Å². The summed E-state index contributed by atoms with van der Waals surface area (Å²) in [7, 11) is 0. The Morgan fingerprint density at radius 3 is 2.40 bits per heavy atom. The van der Waals surface area contributed by atoms with Gasteiger partial charge in [0.1, 0.15) is 18.3 Å². The monoisotopic (exact) mass is 280 g/mol. The topological polar surface area (TPSA) is 96.2 Å². The molecule has 0 saturated carbocycles. The average Bonchev–Trinajstić information content (AvgIpc) is 2.91. The van der Waals surface area contributed by atoms with Crippen LogP contribution in [0, 0.1) is 0 Å². The maximum atomic E-state index is 10.1. The minimum Gasteiger partial charge on any atom is -0.395 e. The average molecular weight is 280 g/mol. The van der Waals surface area contributed by atoms with Crippen molar-refractivity contribution in [1.29, 1.82) is 0 Å². The zero-order valence-electron chi connectivity index (χ0n) is 11.0. The normalized spacial score (nSPS) is 41.6. The van der Waals surface area contributed by atoms with Crippen molar-refractivity contribution in [2.45, 2.75) is 36.6 Å². The number of nitrogens with one attached hydrogen (secondary N) is 1. The molecule has 6 atom stereocenters. The molecular weight excluding hydrogens is 260 g/mol. The first-order valence-corrected chi connectivity index (χ1v) is 6.85. The van der Waals surface area contributed by atoms with Crippen LogP contribution in [0.3, 0.4) is 0 Å². The largest absolute Gasteiger partial charge is 0.395 e. The van der Waals surface area contributed by atoms with Gasteiger partial charge in [0.25, 0.3) is 0 Å². The molecule has 5 N–H and O–H groups in total. The Morgan fingerprint density at radius 2 is 1.75 bits per heavy atom. The van der Waals surface area contributed by atoms with Crippen LogP contribution in [0.5, 0.6) is 0 Å². The van der Waals surface area contributed by atoms with Gasteiger partial charge < -0.3 is 20.4 Å². The number of hydrogen-bond donors (Lipinski definition) is 5. The van der Waals surface area contributed by atoms with E-state index in [1.54, 1.807) is 0 Å². The molecule has 6 nitrogen and oxygen atoms in total. The van der Waals surface area contributed by atoms with Crippen LogP contribution in [-0.4, -0.2) is 69.0 Å². The SMILES string of the molecule is OC[C@@H]1[C@@H](O)[C@H](O)[C@@H](O)C2NC(c3ccccc3)CN21. The Morgan fingerprint density at radius 1 is 1.05 bits per heavy atom. The number of fused-ring (bicyclic) bond motifs is 1. The molecule has 0 amide bonds. The summed E-state index contributed by atoms with van der Waals surface area (Å²) in [6.45, 7) is 0.311. The lowest BCUT2D eigenvalue weighted by atomic mass is 9.92. The maximum absolute atomic E-state index is 10.1. The summed E-state index contributed by atoms with van der Waals surface area (Å²) in [4.78, 5) is 1.83. The van der Waals surface area contributed by atoms with Crippen molar-refractivity contribution in [2.24, 2.45) is 0 Å². The van der Waals surface area contributed by atoms with Gasteiger partial charge in [0, 0.05) is 12.6 Å². The Balaban J connectivity index is 1.85. The summed E-state index contributed by atoms with van der Waals surface area (Å²) in [5.74, 6) is 0. The highest BCUT2D eigenvalue weighted by Crippen LogP contribution is 2.32. The zero-order valence-corrected chi connectivity index (χ0v) is 11.0. The fourth-order valence-corrected chi connectivity index (χ4v) is 3.23. The predicted molar refractivity (Wildman–Crippen MR) is 71.7 cm³/mol. The van der Waals surface area contributed by atoms with Crippen LogP contribution in [0.15, 0.2) is 30.3 Å². The van der Waals surface area contributed by atoms with E-state index < -0.39 is 30.5 Å². The number of benzene rings is 1. The molecule has 110 valence electrons. The van der Waals surface area contributed by atoms with E-state index in [0.717, 1.165) is 5.56 Å². The summed E-state index contributed by atoms with van der Waals surface area (Å²) in [6, 6.07) is 9.23. The Hall–Kier alpha value is -1.02. The highest BCUT2D eigenvalue weighted by molar-refractivity contribution is 5.22. The minimum absolute atomic E-state index is 0.00222. The fourth-order valence-electron chi connectivity index (χ4n) is 3.23. The fraction of sp³-hybridized carbons (Fsp3) is 0.571. The summed E-state index contributed by atoms with van der Waals surface area (Å²) in [5.41, 5.74) is 1.08. The maximum Gasteiger partial charge on any atom is 0.111 e. The number of nitrogens with zero attached hydrogens (tertiary/aromatic N) is 1. The van der Waals surface area contributed by atoms with Crippen molar-refractivity contribution < 1.29 is 20.4 Å². The van der Waals surface area contributed by atoms with Crippen LogP contribution in [0.4, 0.5) is 0 Å². The van der Waals surface area contributed by atoms with Gasteiger partial charge in [-0.2, -0.15) is 0 Å². The van der Waals surface area contributed by atoms with Crippen molar-refractivity contribution >= 4 is 0 Å². The molecule has 2 aliphatic heterocycles. The van der Waals surface area contributed by atoms with Gasteiger partial charge in [-0.3, -0.25) is 10.2 Å². The third kappa shape index (κ3) is 2.14. The van der Waals surface area contributed by atoms with Crippen molar-refractivity contribution in [1.82, 2.24) is 10.2 Å². The molecule has 2 unspecified atom stereocenters. The van der Waals surface area contributed by atoms with Crippen LogP contribution < -0.4 is 5.32 Å². The van der Waals surface area contributed by atoms with E-state index in [1.807, 2.05) is 35.2 Å². The molecule has 0 bridgehead atoms. The van der Waals surface area contributed by atoms with E-state index in [4.69, 9.17) is 0 Å². The molecule has 0 radical (unpaired) electrons. The number of aliphatic hydroxyl groups excluding tert-OH is 4. The van der Waals surface area contributed by atoms with E-state index in [2.05, 4.69) is 5.32 Å². The summed E-state index contributed by atoms with van der Waals surface area (Å²) < 4.78 is 0. The first kappa shape index (κ1) is 13.9. The number of rotatable bonds is 2. The second-order valence-corrected chi connectivity index (χ2v) is 5.49. The number of hydrogen-bond acceptors (Lipinski definition) is 6. The summed E-state index contributed by atoms with van der Waals surface area (Å²) in [5, 5.41) is 42.7. The van der Waals surface area contributed by atoms with Crippen molar-refractivity contribution in [3.05, 3.63) is 35.9 Å². The third-order valence-corrected chi connectivity index (χ3v) is 4.36. The molecule has 0 aliphatic carbocycles. The van der Waals surface area contributed by atoms with Gasteiger partial charge in [-0.15, -0.1) is 0 Å². The summed E-state index contributed by atoms with van der Waals surface area (Å²) in [6.07, 6.45) is -3.95. The van der Waals surface area contributed by atoms with Crippen LogP contribution in [0.1, 0.15) is 11.6 Å². The standard InChI is InChI=1S/C14H20N2O4/c17-7-10-11(18)12(19)13(20)14-15-9(6-16(10)14)8-4-2-1-3-5-8/h1-5,9-15,17-20H,6-7H2/t9?,10-,11-,12+,13-,14?/m1/s1. The lowest BCUT2D eigenvalue weighted by Gasteiger charge is -2.44. The van der Waals surface area contributed by atoms with Gasteiger partial charge in [0.05, 0.1) is 18.8 Å². The molecule has 20 heavy (non-hydrogen) atoms. The van der Waals surface area contributed by atoms with E-state index in [1.165, 1.54) is 0 Å². The lowest BCUT2D eigenvalue weighted by molar-refractivity contribution is -0.164. The second-order valence-electron chi connectivity index (χ2n) is 5.49. The molecule has 2 heterocycles. The number of piperidine rings is 1. The van der Waals surface area contributed by atoms with Crippen LogP contribution in [0.2, 0.25) is 0 Å². The van der Waals surface area contributed by atoms with Gasteiger partial charge in [-0.05, 0) is 5.56 Å². The molecule has 6 heteroatoms. The van der Waals surface area contributed by atoms with E-state index >= 15 is 0 Å². The Labute approximate surface area is 117 Å². The van der Waals surface area contributed by atoms with Crippen LogP contribution in [-0.2, 0) is 0 Å². The van der Waals surface area contributed by atoms with E-state index in [0.29, 0.717) is 6.54 Å². The first-order valence-electron chi connectivity index (χ1n) is 6.85. The highest BCUT2D eigenvalue weighted by Gasteiger charge is 2.51. The zero-order chi connectivity index (χ0) is 14.3. The molecular formula is C14H20N2O4. The highest BCUT2D eigenvalue weighted by atomic mass is 16.4. The molecule has 0 aromatic heterocycles. The van der Waals surface area contributed by atoms with Gasteiger partial charge in [0.15, 0.2) is 0 Å². The molecule has 3 rings (SSSR count).